The average molecular weight is 469 g/mol. The van der Waals surface area contributed by atoms with E-state index < -0.39 is 21.7 Å². The van der Waals surface area contributed by atoms with Crippen LogP contribution in [0.1, 0.15) is 10.4 Å². The Morgan fingerprint density at radius 3 is 2.43 bits per heavy atom. The molecule has 0 atom stereocenters. The number of carbonyl (C=O) groups is 1. The summed E-state index contributed by atoms with van der Waals surface area (Å²) in [5, 5.41) is 2.93. The van der Waals surface area contributed by atoms with Crippen LogP contribution in [0.2, 0.25) is 10.0 Å². The molecule has 156 valence electrons. The fraction of sp³-hybridized carbons (Fsp3) is 0.0500. The first-order valence-electron chi connectivity index (χ1n) is 8.43. The first kappa shape index (κ1) is 21.9. The molecule has 3 rings (SSSR count). The van der Waals surface area contributed by atoms with Crippen LogP contribution in [0.15, 0.2) is 65.6 Å². The Bertz CT molecular complexity index is 1220. The van der Waals surface area contributed by atoms with E-state index in [0.29, 0.717) is 5.02 Å². The molecule has 0 bridgehead atoms. The molecule has 0 aliphatic rings. The van der Waals surface area contributed by atoms with Crippen molar-refractivity contribution in [1.29, 1.82) is 0 Å². The number of ether oxygens (including phenoxy) is 1. The summed E-state index contributed by atoms with van der Waals surface area (Å²) in [4.78, 5) is 12.3. The normalized spacial score (nSPS) is 11.1. The number of rotatable bonds is 6. The maximum Gasteiger partial charge on any atom is 0.262 e. The number of carbonyl (C=O) groups excluding carboxylic acids is 1. The zero-order valence-electron chi connectivity index (χ0n) is 15.4. The first-order valence-corrected chi connectivity index (χ1v) is 10.7. The summed E-state index contributed by atoms with van der Waals surface area (Å²) in [6.45, 7) is 0. The molecule has 6 nitrogen and oxygen atoms in total. The standard InChI is InChI=1S/C20H15Cl2FN2O4S/c1-29-19-9-7-13(30(27,28)25-17-10-12(21)6-8-15(17)22)11-18(19)24-20(26)14-4-2-3-5-16(14)23/h2-11,25H,1H3,(H,24,26). The summed E-state index contributed by atoms with van der Waals surface area (Å²) in [5.41, 5.74) is -0.0561. The van der Waals surface area contributed by atoms with E-state index in [1.807, 2.05) is 0 Å². The zero-order chi connectivity index (χ0) is 21.9. The second kappa shape index (κ2) is 8.91. The first-order chi connectivity index (χ1) is 14.2. The number of methoxy groups -OCH3 is 1. The summed E-state index contributed by atoms with van der Waals surface area (Å²) in [6, 6.07) is 13.6. The van der Waals surface area contributed by atoms with Crippen LogP contribution in [0.25, 0.3) is 0 Å². The number of hydrogen-bond acceptors (Lipinski definition) is 4. The largest absolute Gasteiger partial charge is 0.495 e. The lowest BCUT2D eigenvalue weighted by atomic mass is 10.2. The number of nitrogens with one attached hydrogen (secondary N) is 2. The van der Waals surface area contributed by atoms with Crippen LogP contribution < -0.4 is 14.8 Å². The van der Waals surface area contributed by atoms with Crippen molar-refractivity contribution in [3.63, 3.8) is 0 Å². The van der Waals surface area contributed by atoms with Gasteiger partial charge in [-0.05, 0) is 48.5 Å². The predicted octanol–water partition coefficient (Wildman–Crippen LogP) is 5.19. The highest BCUT2D eigenvalue weighted by atomic mass is 35.5. The molecule has 0 fully saturated rings. The van der Waals surface area contributed by atoms with Gasteiger partial charge < -0.3 is 10.1 Å². The summed E-state index contributed by atoms with van der Waals surface area (Å²) in [5.74, 6) is -1.28. The lowest BCUT2D eigenvalue weighted by Gasteiger charge is -2.14. The molecule has 2 N–H and O–H groups in total. The van der Waals surface area contributed by atoms with Gasteiger partial charge in [-0.2, -0.15) is 0 Å². The van der Waals surface area contributed by atoms with Crippen LogP contribution in [0, 0.1) is 5.82 Å². The molecule has 0 radical (unpaired) electrons. The van der Waals surface area contributed by atoms with E-state index >= 15 is 0 Å². The molecule has 0 aliphatic heterocycles. The van der Waals surface area contributed by atoms with Gasteiger partial charge in [0.15, 0.2) is 0 Å². The van der Waals surface area contributed by atoms with Gasteiger partial charge in [0.05, 0.1) is 34.0 Å². The van der Waals surface area contributed by atoms with E-state index in [-0.39, 0.29) is 32.6 Å². The molecule has 3 aromatic rings. The molecule has 3 aromatic carbocycles. The van der Waals surface area contributed by atoms with E-state index in [0.717, 1.165) is 6.07 Å². The molecule has 0 aliphatic carbocycles. The number of benzene rings is 3. The van der Waals surface area contributed by atoms with Gasteiger partial charge in [-0.15, -0.1) is 0 Å². The van der Waals surface area contributed by atoms with Crippen molar-refractivity contribution in [3.8, 4) is 5.75 Å². The quantitative estimate of drug-likeness (QED) is 0.520. The molecule has 1 amide bonds. The Morgan fingerprint density at radius 2 is 1.73 bits per heavy atom. The summed E-state index contributed by atoms with van der Waals surface area (Å²) in [6.07, 6.45) is 0. The molecule has 0 saturated heterocycles. The van der Waals surface area contributed by atoms with E-state index in [1.54, 1.807) is 0 Å². The van der Waals surface area contributed by atoms with Gasteiger partial charge >= 0.3 is 0 Å². The van der Waals surface area contributed by atoms with Crippen LogP contribution in [-0.2, 0) is 10.0 Å². The van der Waals surface area contributed by atoms with E-state index in [9.17, 15) is 17.6 Å². The van der Waals surface area contributed by atoms with Gasteiger partial charge in [0, 0.05) is 5.02 Å². The van der Waals surface area contributed by atoms with Crippen molar-refractivity contribution < 1.29 is 22.3 Å². The minimum Gasteiger partial charge on any atom is -0.495 e. The van der Waals surface area contributed by atoms with Gasteiger partial charge in [-0.1, -0.05) is 35.3 Å². The number of amides is 1. The minimum absolute atomic E-state index is 0.0471. The van der Waals surface area contributed by atoms with Gasteiger partial charge in [0.25, 0.3) is 15.9 Å². The maximum absolute atomic E-state index is 13.9. The highest BCUT2D eigenvalue weighted by Gasteiger charge is 2.20. The maximum atomic E-state index is 13.9. The lowest BCUT2D eigenvalue weighted by molar-refractivity contribution is 0.102. The van der Waals surface area contributed by atoms with Crippen molar-refractivity contribution in [2.24, 2.45) is 0 Å². The van der Waals surface area contributed by atoms with E-state index in [2.05, 4.69) is 10.0 Å². The third-order valence-electron chi connectivity index (χ3n) is 4.02. The molecular weight excluding hydrogens is 454 g/mol. The Hall–Kier alpha value is -2.81. The van der Waals surface area contributed by atoms with Gasteiger partial charge in [-0.3, -0.25) is 9.52 Å². The van der Waals surface area contributed by atoms with Crippen molar-refractivity contribution in [1.82, 2.24) is 0 Å². The van der Waals surface area contributed by atoms with Gasteiger partial charge in [0.2, 0.25) is 0 Å². The summed E-state index contributed by atoms with van der Waals surface area (Å²) >= 11 is 11.9. The Kier molecular flexibility index (Phi) is 6.50. The summed E-state index contributed by atoms with van der Waals surface area (Å²) in [7, 11) is -2.73. The zero-order valence-corrected chi connectivity index (χ0v) is 17.8. The SMILES string of the molecule is COc1ccc(S(=O)(=O)Nc2cc(Cl)ccc2Cl)cc1NC(=O)c1ccccc1F. The fourth-order valence-corrected chi connectivity index (χ4v) is 4.06. The summed E-state index contributed by atoms with van der Waals surface area (Å²) < 4.78 is 47.0. The third kappa shape index (κ3) is 4.84. The Morgan fingerprint density at radius 1 is 1.00 bits per heavy atom. The molecule has 10 heteroatoms. The molecule has 0 heterocycles. The number of hydrogen-bond donors (Lipinski definition) is 2. The van der Waals surface area contributed by atoms with Gasteiger partial charge in [-0.25, -0.2) is 12.8 Å². The van der Waals surface area contributed by atoms with Crippen LogP contribution >= 0.6 is 23.2 Å². The highest BCUT2D eigenvalue weighted by Crippen LogP contribution is 2.31. The van der Waals surface area contributed by atoms with Crippen molar-refractivity contribution in [2.45, 2.75) is 4.90 Å². The number of sulfonamides is 1. The lowest BCUT2D eigenvalue weighted by Crippen LogP contribution is -2.16. The van der Waals surface area contributed by atoms with E-state index in [1.165, 1.54) is 61.7 Å². The minimum atomic E-state index is -4.08. The predicted molar refractivity (Wildman–Crippen MR) is 115 cm³/mol. The molecule has 0 unspecified atom stereocenters. The topological polar surface area (TPSA) is 84.5 Å². The fourth-order valence-electron chi connectivity index (χ4n) is 2.57. The molecule has 0 spiro atoms. The number of halogens is 3. The van der Waals surface area contributed by atoms with E-state index in [4.69, 9.17) is 27.9 Å². The average Bonchev–Trinajstić information content (AvgIpc) is 2.70. The molecule has 0 saturated carbocycles. The van der Waals surface area contributed by atoms with Crippen molar-refractivity contribution in [3.05, 3.63) is 82.1 Å². The Labute approximate surface area is 182 Å². The van der Waals surface area contributed by atoms with Crippen LogP contribution in [0.3, 0.4) is 0 Å². The van der Waals surface area contributed by atoms with Crippen LogP contribution in [0.4, 0.5) is 15.8 Å². The van der Waals surface area contributed by atoms with Crippen LogP contribution in [0.5, 0.6) is 5.75 Å². The second-order valence-corrected chi connectivity index (χ2v) is 8.55. The monoisotopic (exact) mass is 468 g/mol. The second-order valence-electron chi connectivity index (χ2n) is 6.03. The van der Waals surface area contributed by atoms with Gasteiger partial charge in [0.1, 0.15) is 11.6 Å². The number of anilines is 2. The highest BCUT2D eigenvalue weighted by molar-refractivity contribution is 7.92. The Balaban J connectivity index is 1.94. The van der Waals surface area contributed by atoms with Crippen molar-refractivity contribution in [2.75, 3.05) is 17.1 Å². The smallest absolute Gasteiger partial charge is 0.262 e. The van der Waals surface area contributed by atoms with Crippen molar-refractivity contribution >= 4 is 50.5 Å². The molecule has 0 aromatic heterocycles. The molecular formula is C20H15Cl2FN2O4S. The third-order valence-corrected chi connectivity index (χ3v) is 5.95. The molecule has 30 heavy (non-hydrogen) atoms. The van der Waals surface area contributed by atoms with Crippen LogP contribution in [-0.4, -0.2) is 21.4 Å².